The Bertz CT molecular complexity index is 134. The van der Waals surface area contributed by atoms with Crippen LogP contribution in [0.5, 0.6) is 0 Å². The zero-order chi connectivity index (χ0) is 9.14. The highest BCUT2D eigenvalue weighted by Gasteiger charge is 2.26. The molecule has 1 aliphatic heterocycles. The molecule has 0 bridgehead atoms. The summed E-state index contributed by atoms with van der Waals surface area (Å²) in [4.78, 5) is 2.43. The molecule has 1 aliphatic rings. The van der Waals surface area contributed by atoms with Gasteiger partial charge in [-0.1, -0.05) is 20.8 Å². The van der Waals surface area contributed by atoms with E-state index in [2.05, 4.69) is 38.0 Å². The van der Waals surface area contributed by atoms with E-state index >= 15 is 0 Å². The van der Waals surface area contributed by atoms with Crippen molar-refractivity contribution in [3.63, 3.8) is 0 Å². The number of hydrogen-bond donors (Lipinski definition) is 1. The Morgan fingerprint density at radius 2 is 2.08 bits per heavy atom. The van der Waals surface area contributed by atoms with E-state index in [-0.39, 0.29) is 0 Å². The lowest BCUT2D eigenvalue weighted by Gasteiger charge is -2.16. The van der Waals surface area contributed by atoms with Crippen molar-refractivity contribution in [2.45, 2.75) is 26.8 Å². The fourth-order valence-corrected chi connectivity index (χ4v) is 1.95. The lowest BCUT2D eigenvalue weighted by atomic mass is 9.98. The normalized spacial score (nSPS) is 31.8. The van der Waals surface area contributed by atoms with Crippen molar-refractivity contribution in [1.29, 1.82) is 0 Å². The fourth-order valence-electron chi connectivity index (χ4n) is 1.95. The van der Waals surface area contributed by atoms with E-state index in [0.29, 0.717) is 6.04 Å². The maximum Gasteiger partial charge on any atom is 0.00219 e. The summed E-state index contributed by atoms with van der Waals surface area (Å²) in [5, 5.41) is 3.51. The molecule has 2 atom stereocenters. The van der Waals surface area contributed by atoms with Crippen LogP contribution >= 0.6 is 0 Å². The van der Waals surface area contributed by atoms with Crippen molar-refractivity contribution in [1.82, 2.24) is 10.2 Å². The first-order valence-electron chi connectivity index (χ1n) is 5.01. The van der Waals surface area contributed by atoms with Gasteiger partial charge >= 0.3 is 0 Å². The van der Waals surface area contributed by atoms with Crippen LogP contribution < -0.4 is 5.32 Å². The topological polar surface area (TPSA) is 15.3 Å². The molecule has 0 aliphatic carbocycles. The number of nitrogens with one attached hydrogen (secondary N) is 1. The monoisotopic (exact) mass is 170 g/mol. The van der Waals surface area contributed by atoms with Crippen LogP contribution in [0.1, 0.15) is 20.8 Å². The van der Waals surface area contributed by atoms with Gasteiger partial charge < -0.3 is 10.2 Å². The molecule has 72 valence electrons. The lowest BCUT2D eigenvalue weighted by Crippen LogP contribution is -2.31. The molecule has 1 heterocycles. The average Bonchev–Trinajstić information content (AvgIpc) is 2.26. The zero-order valence-corrected chi connectivity index (χ0v) is 8.80. The van der Waals surface area contributed by atoms with E-state index in [9.17, 15) is 0 Å². The van der Waals surface area contributed by atoms with Gasteiger partial charge in [-0.25, -0.2) is 0 Å². The van der Waals surface area contributed by atoms with E-state index in [4.69, 9.17) is 0 Å². The summed E-state index contributed by atoms with van der Waals surface area (Å²) in [6, 6.07) is 0.628. The van der Waals surface area contributed by atoms with Crippen molar-refractivity contribution >= 4 is 0 Å². The van der Waals surface area contributed by atoms with E-state index in [1.165, 1.54) is 19.6 Å². The van der Waals surface area contributed by atoms with E-state index in [1.807, 2.05) is 0 Å². The third-order valence-corrected chi connectivity index (χ3v) is 2.74. The molecule has 2 nitrogen and oxygen atoms in total. The summed E-state index contributed by atoms with van der Waals surface area (Å²) in [5.41, 5.74) is 0. The summed E-state index contributed by atoms with van der Waals surface area (Å²) in [6.07, 6.45) is 0. The van der Waals surface area contributed by atoms with Crippen LogP contribution in [0, 0.1) is 11.8 Å². The number of hydrogen-bond acceptors (Lipinski definition) is 2. The van der Waals surface area contributed by atoms with Crippen LogP contribution in [-0.4, -0.2) is 37.6 Å². The molecule has 0 aromatic carbocycles. The molecule has 0 spiro atoms. The fraction of sp³-hybridized carbons (Fsp3) is 1.00. The summed E-state index contributed by atoms with van der Waals surface area (Å²) in [5.74, 6) is 1.72. The first-order chi connectivity index (χ1) is 5.59. The third kappa shape index (κ3) is 2.76. The first-order valence-corrected chi connectivity index (χ1v) is 5.01. The summed E-state index contributed by atoms with van der Waals surface area (Å²) < 4.78 is 0. The maximum absolute atomic E-state index is 3.51. The standard InChI is InChI=1S/C10H22N2/c1-8(2)11-5-10-7-12(4)6-9(10)3/h8-11H,5-7H2,1-4H3. The Kier molecular flexibility index (Phi) is 3.53. The Morgan fingerprint density at radius 3 is 2.50 bits per heavy atom. The molecule has 0 amide bonds. The van der Waals surface area contributed by atoms with Crippen molar-refractivity contribution in [3.8, 4) is 0 Å². The molecule has 0 radical (unpaired) electrons. The molecular formula is C10H22N2. The molecule has 12 heavy (non-hydrogen) atoms. The number of rotatable bonds is 3. The van der Waals surface area contributed by atoms with Gasteiger partial charge in [-0.05, 0) is 25.4 Å². The van der Waals surface area contributed by atoms with Crippen LogP contribution in [0.2, 0.25) is 0 Å². The minimum Gasteiger partial charge on any atom is -0.314 e. The number of nitrogens with zero attached hydrogens (tertiary/aromatic N) is 1. The molecule has 1 N–H and O–H groups in total. The zero-order valence-electron chi connectivity index (χ0n) is 8.80. The van der Waals surface area contributed by atoms with Crippen molar-refractivity contribution in [2.24, 2.45) is 11.8 Å². The maximum atomic E-state index is 3.51. The molecule has 0 aromatic rings. The van der Waals surface area contributed by atoms with Gasteiger partial charge in [0.05, 0.1) is 0 Å². The summed E-state index contributed by atoms with van der Waals surface area (Å²) >= 11 is 0. The van der Waals surface area contributed by atoms with Gasteiger partial charge in [0.15, 0.2) is 0 Å². The van der Waals surface area contributed by atoms with Gasteiger partial charge in [0.1, 0.15) is 0 Å². The van der Waals surface area contributed by atoms with Crippen LogP contribution in [0.4, 0.5) is 0 Å². The first kappa shape index (κ1) is 10.0. The van der Waals surface area contributed by atoms with E-state index in [1.54, 1.807) is 0 Å². The minimum absolute atomic E-state index is 0.628. The second-order valence-electron chi connectivity index (χ2n) is 4.52. The van der Waals surface area contributed by atoms with Gasteiger partial charge in [-0.3, -0.25) is 0 Å². The second kappa shape index (κ2) is 4.24. The van der Waals surface area contributed by atoms with E-state index < -0.39 is 0 Å². The highest BCUT2D eigenvalue weighted by atomic mass is 15.1. The molecule has 2 heteroatoms. The summed E-state index contributed by atoms with van der Waals surface area (Å²) in [7, 11) is 2.21. The molecule has 1 rings (SSSR count). The second-order valence-corrected chi connectivity index (χ2v) is 4.52. The Balaban J connectivity index is 2.23. The quantitative estimate of drug-likeness (QED) is 0.684. The largest absolute Gasteiger partial charge is 0.314 e. The highest BCUT2D eigenvalue weighted by Crippen LogP contribution is 2.20. The van der Waals surface area contributed by atoms with E-state index in [0.717, 1.165) is 11.8 Å². The van der Waals surface area contributed by atoms with Crippen molar-refractivity contribution in [2.75, 3.05) is 26.7 Å². The molecular weight excluding hydrogens is 148 g/mol. The highest BCUT2D eigenvalue weighted by molar-refractivity contribution is 4.81. The van der Waals surface area contributed by atoms with Crippen LogP contribution in [0.3, 0.4) is 0 Å². The van der Waals surface area contributed by atoms with Gasteiger partial charge in [-0.15, -0.1) is 0 Å². The smallest absolute Gasteiger partial charge is 0.00219 e. The van der Waals surface area contributed by atoms with Gasteiger partial charge in [0.2, 0.25) is 0 Å². The Morgan fingerprint density at radius 1 is 1.42 bits per heavy atom. The van der Waals surface area contributed by atoms with Gasteiger partial charge in [0, 0.05) is 19.1 Å². The molecule has 1 fully saturated rings. The Labute approximate surface area is 76.3 Å². The van der Waals surface area contributed by atoms with Crippen molar-refractivity contribution < 1.29 is 0 Å². The minimum atomic E-state index is 0.628. The third-order valence-electron chi connectivity index (χ3n) is 2.74. The molecule has 0 saturated carbocycles. The lowest BCUT2D eigenvalue weighted by molar-refractivity contribution is 0.381. The van der Waals surface area contributed by atoms with Crippen LogP contribution in [0.25, 0.3) is 0 Å². The Hall–Kier alpha value is -0.0800. The summed E-state index contributed by atoms with van der Waals surface area (Å²) in [6.45, 7) is 10.5. The molecule has 2 unspecified atom stereocenters. The van der Waals surface area contributed by atoms with Gasteiger partial charge in [-0.2, -0.15) is 0 Å². The predicted octanol–water partition coefficient (Wildman–Crippen LogP) is 1.18. The van der Waals surface area contributed by atoms with Crippen LogP contribution in [0.15, 0.2) is 0 Å². The SMILES string of the molecule is CC(C)NCC1CN(C)CC1C. The molecule has 1 saturated heterocycles. The number of likely N-dealkylation sites (tertiary alicyclic amines) is 1. The van der Waals surface area contributed by atoms with Crippen LogP contribution in [-0.2, 0) is 0 Å². The molecule has 0 aromatic heterocycles. The van der Waals surface area contributed by atoms with Gasteiger partial charge in [0.25, 0.3) is 0 Å². The average molecular weight is 170 g/mol. The van der Waals surface area contributed by atoms with Crippen molar-refractivity contribution in [3.05, 3.63) is 0 Å². The predicted molar refractivity (Wildman–Crippen MR) is 53.3 cm³/mol.